The van der Waals surface area contributed by atoms with Gasteiger partial charge in [0.05, 0.1) is 18.8 Å². The normalized spacial score (nSPS) is 17.1. The van der Waals surface area contributed by atoms with Crippen molar-refractivity contribution in [3.8, 4) is 0 Å². The van der Waals surface area contributed by atoms with Gasteiger partial charge in [-0.05, 0) is 25.5 Å². The summed E-state index contributed by atoms with van der Waals surface area (Å²) in [5, 5.41) is 0. The SMILES string of the molecule is Cc1ccccc1C(=O)OC(C)CN1CCOCC1.[Cl-]. The van der Waals surface area contributed by atoms with Crippen molar-refractivity contribution < 1.29 is 26.7 Å². The van der Waals surface area contributed by atoms with Crippen LogP contribution in [0.1, 0.15) is 22.8 Å². The highest BCUT2D eigenvalue weighted by atomic mass is 35.5. The number of esters is 1. The molecule has 0 saturated carbocycles. The van der Waals surface area contributed by atoms with E-state index in [0.717, 1.165) is 38.4 Å². The zero-order valence-corrected chi connectivity index (χ0v) is 12.7. The number of carbonyl (C=O) groups excluding carboxylic acids is 1. The van der Waals surface area contributed by atoms with Gasteiger partial charge in [0.2, 0.25) is 0 Å². The van der Waals surface area contributed by atoms with Gasteiger partial charge < -0.3 is 21.9 Å². The van der Waals surface area contributed by atoms with Crippen LogP contribution in [0, 0.1) is 6.92 Å². The molecule has 4 nitrogen and oxygen atoms in total. The Kier molecular flexibility index (Phi) is 6.99. The first kappa shape index (κ1) is 17.0. The first-order valence-electron chi connectivity index (χ1n) is 6.73. The molecule has 0 aliphatic carbocycles. The largest absolute Gasteiger partial charge is 1.00 e. The minimum Gasteiger partial charge on any atom is -1.00 e. The lowest BCUT2D eigenvalue weighted by Crippen LogP contribution is -3.00. The summed E-state index contributed by atoms with van der Waals surface area (Å²) in [4.78, 5) is 14.3. The molecule has 1 aliphatic heterocycles. The van der Waals surface area contributed by atoms with Crippen molar-refractivity contribution >= 4 is 5.97 Å². The van der Waals surface area contributed by atoms with E-state index in [1.165, 1.54) is 0 Å². The Balaban J connectivity index is 0.00000200. The van der Waals surface area contributed by atoms with Crippen molar-refractivity contribution in [2.75, 3.05) is 32.8 Å². The number of rotatable bonds is 4. The van der Waals surface area contributed by atoms with Crippen LogP contribution in [0.5, 0.6) is 0 Å². The lowest BCUT2D eigenvalue weighted by Gasteiger charge is -2.28. The van der Waals surface area contributed by atoms with Crippen molar-refractivity contribution in [3.63, 3.8) is 0 Å². The summed E-state index contributed by atoms with van der Waals surface area (Å²) in [6.45, 7) is 7.96. The van der Waals surface area contributed by atoms with Crippen LogP contribution in [0.2, 0.25) is 0 Å². The van der Waals surface area contributed by atoms with E-state index in [-0.39, 0.29) is 24.5 Å². The molecular formula is C15H21ClNO3-. The number of ether oxygens (including phenoxy) is 2. The molecule has 0 spiro atoms. The number of hydrogen-bond acceptors (Lipinski definition) is 4. The predicted molar refractivity (Wildman–Crippen MR) is 73.3 cm³/mol. The van der Waals surface area contributed by atoms with Crippen LogP contribution in [-0.2, 0) is 9.47 Å². The minimum absolute atomic E-state index is 0. The van der Waals surface area contributed by atoms with Crippen LogP contribution in [-0.4, -0.2) is 49.8 Å². The maximum absolute atomic E-state index is 12.1. The molecule has 1 saturated heterocycles. The Hall–Kier alpha value is -1.10. The van der Waals surface area contributed by atoms with Gasteiger partial charge in [-0.15, -0.1) is 0 Å². The molecule has 5 heteroatoms. The number of halogens is 1. The Bertz CT molecular complexity index is 433. The zero-order chi connectivity index (χ0) is 13.7. The molecule has 0 radical (unpaired) electrons. The summed E-state index contributed by atoms with van der Waals surface area (Å²) in [6, 6.07) is 7.50. The van der Waals surface area contributed by atoms with Gasteiger partial charge in [0, 0.05) is 19.6 Å². The molecule has 112 valence electrons. The van der Waals surface area contributed by atoms with E-state index in [4.69, 9.17) is 9.47 Å². The third kappa shape index (κ3) is 4.78. The summed E-state index contributed by atoms with van der Waals surface area (Å²) in [5.74, 6) is -0.237. The number of nitrogens with zero attached hydrogens (tertiary/aromatic N) is 1. The lowest BCUT2D eigenvalue weighted by atomic mass is 10.1. The minimum atomic E-state index is -0.237. The van der Waals surface area contributed by atoms with E-state index in [1.54, 1.807) is 6.07 Å². The highest BCUT2D eigenvalue weighted by Gasteiger charge is 2.18. The molecule has 0 bridgehead atoms. The molecular weight excluding hydrogens is 278 g/mol. The summed E-state index contributed by atoms with van der Waals surface area (Å²) in [7, 11) is 0. The monoisotopic (exact) mass is 298 g/mol. The van der Waals surface area contributed by atoms with Gasteiger partial charge in [-0.2, -0.15) is 0 Å². The molecule has 1 fully saturated rings. The molecule has 0 N–H and O–H groups in total. The van der Waals surface area contributed by atoms with Gasteiger partial charge in [-0.3, -0.25) is 4.90 Å². The Labute approximate surface area is 126 Å². The van der Waals surface area contributed by atoms with E-state index in [0.29, 0.717) is 5.56 Å². The van der Waals surface area contributed by atoms with Crippen LogP contribution in [0.4, 0.5) is 0 Å². The van der Waals surface area contributed by atoms with Gasteiger partial charge in [0.25, 0.3) is 0 Å². The summed E-state index contributed by atoms with van der Waals surface area (Å²) < 4.78 is 10.8. The third-order valence-corrected chi connectivity index (χ3v) is 3.29. The summed E-state index contributed by atoms with van der Waals surface area (Å²) in [6.07, 6.45) is -0.106. The van der Waals surface area contributed by atoms with E-state index < -0.39 is 0 Å². The molecule has 1 aromatic rings. The molecule has 1 heterocycles. The van der Waals surface area contributed by atoms with Crippen molar-refractivity contribution in [1.82, 2.24) is 4.90 Å². The van der Waals surface area contributed by atoms with E-state index in [9.17, 15) is 4.79 Å². The van der Waals surface area contributed by atoms with Crippen LogP contribution in [0.3, 0.4) is 0 Å². The van der Waals surface area contributed by atoms with Crippen molar-refractivity contribution in [1.29, 1.82) is 0 Å². The third-order valence-electron chi connectivity index (χ3n) is 3.29. The fraction of sp³-hybridized carbons (Fsp3) is 0.533. The maximum atomic E-state index is 12.1. The standard InChI is InChI=1S/C15H21NO3.ClH/c1-12-5-3-4-6-14(12)15(17)19-13(2)11-16-7-9-18-10-8-16;/h3-6,13H,7-11H2,1-2H3;1H/p-1. The number of carbonyl (C=O) groups is 1. The average Bonchev–Trinajstić information content (AvgIpc) is 2.40. The number of aryl methyl sites for hydroxylation is 1. The van der Waals surface area contributed by atoms with Gasteiger partial charge in [-0.1, -0.05) is 18.2 Å². The van der Waals surface area contributed by atoms with Crippen molar-refractivity contribution in [2.45, 2.75) is 20.0 Å². The van der Waals surface area contributed by atoms with Gasteiger partial charge in [-0.25, -0.2) is 4.79 Å². The molecule has 1 atom stereocenters. The Morgan fingerprint density at radius 2 is 2.00 bits per heavy atom. The molecule has 0 aromatic heterocycles. The smallest absolute Gasteiger partial charge is 0.338 e. The summed E-state index contributed by atoms with van der Waals surface area (Å²) >= 11 is 0. The first-order chi connectivity index (χ1) is 9.16. The second-order valence-electron chi connectivity index (χ2n) is 4.94. The topological polar surface area (TPSA) is 38.8 Å². The average molecular weight is 299 g/mol. The molecule has 1 unspecified atom stereocenters. The number of benzene rings is 1. The molecule has 2 rings (SSSR count). The van der Waals surface area contributed by atoms with Crippen LogP contribution < -0.4 is 12.4 Å². The maximum Gasteiger partial charge on any atom is 0.338 e. The summed E-state index contributed by atoms with van der Waals surface area (Å²) in [5.41, 5.74) is 1.60. The van der Waals surface area contributed by atoms with Gasteiger partial charge in [0.1, 0.15) is 6.10 Å². The Morgan fingerprint density at radius 3 is 2.65 bits per heavy atom. The fourth-order valence-corrected chi connectivity index (χ4v) is 2.23. The van der Waals surface area contributed by atoms with E-state index in [1.807, 2.05) is 32.0 Å². The molecule has 1 aromatic carbocycles. The fourth-order valence-electron chi connectivity index (χ4n) is 2.23. The number of hydrogen-bond donors (Lipinski definition) is 0. The molecule has 0 amide bonds. The van der Waals surface area contributed by atoms with Crippen molar-refractivity contribution in [2.24, 2.45) is 0 Å². The second kappa shape index (κ2) is 8.25. The van der Waals surface area contributed by atoms with E-state index in [2.05, 4.69) is 4.90 Å². The predicted octanol–water partition coefficient (Wildman–Crippen LogP) is -1.12. The van der Waals surface area contributed by atoms with Gasteiger partial charge in [0.15, 0.2) is 0 Å². The Morgan fingerprint density at radius 1 is 1.35 bits per heavy atom. The van der Waals surface area contributed by atoms with Crippen LogP contribution >= 0.6 is 0 Å². The highest BCUT2D eigenvalue weighted by molar-refractivity contribution is 5.91. The van der Waals surface area contributed by atoms with Gasteiger partial charge >= 0.3 is 5.97 Å². The second-order valence-corrected chi connectivity index (χ2v) is 4.94. The van der Waals surface area contributed by atoms with Crippen LogP contribution in [0.25, 0.3) is 0 Å². The first-order valence-corrected chi connectivity index (χ1v) is 6.73. The molecule has 1 aliphatic rings. The number of morpholine rings is 1. The zero-order valence-electron chi connectivity index (χ0n) is 12.0. The molecule has 20 heavy (non-hydrogen) atoms. The highest BCUT2D eigenvalue weighted by Crippen LogP contribution is 2.10. The van der Waals surface area contributed by atoms with E-state index >= 15 is 0 Å². The lowest BCUT2D eigenvalue weighted by molar-refractivity contribution is -0.000665. The van der Waals surface area contributed by atoms with Crippen LogP contribution in [0.15, 0.2) is 24.3 Å². The van der Waals surface area contributed by atoms with Crippen molar-refractivity contribution in [3.05, 3.63) is 35.4 Å². The quantitative estimate of drug-likeness (QED) is 0.660.